The van der Waals surface area contributed by atoms with Gasteiger partial charge in [-0.25, -0.2) is 10.2 Å². The summed E-state index contributed by atoms with van der Waals surface area (Å²) in [7, 11) is 0. The van der Waals surface area contributed by atoms with Gasteiger partial charge in [0.1, 0.15) is 11.4 Å². The first-order chi connectivity index (χ1) is 17.2. The number of ether oxygens (including phenoxy) is 1. The van der Waals surface area contributed by atoms with E-state index in [1.54, 1.807) is 48.5 Å². The first-order valence-corrected chi connectivity index (χ1v) is 11.1. The Hall–Kier alpha value is -4.97. The number of H-pyrrole nitrogens is 1. The zero-order chi connectivity index (χ0) is 24.0. The Bertz CT molecular complexity index is 1520. The third kappa shape index (κ3) is 4.72. The topological polar surface area (TPSA) is 83.5 Å². The molecule has 0 spiro atoms. The van der Waals surface area contributed by atoms with Crippen molar-refractivity contribution in [1.82, 2.24) is 10.4 Å². The number of carbonyl (C=O) groups is 2. The second-order valence-corrected chi connectivity index (χ2v) is 7.78. The van der Waals surface area contributed by atoms with Crippen molar-refractivity contribution >= 4 is 29.0 Å². The molecule has 0 atom stereocenters. The average molecular weight is 460 g/mol. The number of carbonyl (C=O) groups excluding carboxylic acids is 2. The largest absolute Gasteiger partial charge is 0.422 e. The van der Waals surface area contributed by atoms with E-state index >= 15 is 0 Å². The van der Waals surface area contributed by atoms with E-state index in [-0.39, 0.29) is 5.91 Å². The van der Waals surface area contributed by atoms with Crippen LogP contribution in [0, 0.1) is 0 Å². The van der Waals surface area contributed by atoms with Crippen molar-refractivity contribution in [1.29, 1.82) is 0 Å². The van der Waals surface area contributed by atoms with E-state index in [1.807, 2.05) is 60.7 Å². The summed E-state index contributed by atoms with van der Waals surface area (Å²) in [4.78, 5) is 28.8. The Balaban J connectivity index is 1.38. The summed E-state index contributed by atoms with van der Waals surface area (Å²) in [5.41, 5.74) is 6.60. The molecule has 2 N–H and O–H groups in total. The number of nitrogens with one attached hydrogen (secondary N) is 2. The van der Waals surface area contributed by atoms with E-state index in [0.29, 0.717) is 22.6 Å². The Labute approximate surface area is 201 Å². The average Bonchev–Trinajstić information content (AvgIpc) is 3.30. The highest BCUT2D eigenvalue weighted by molar-refractivity contribution is 6.09. The van der Waals surface area contributed by atoms with Crippen molar-refractivity contribution in [2.45, 2.75) is 0 Å². The first kappa shape index (κ1) is 21.9. The summed E-state index contributed by atoms with van der Waals surface area (Å²) >= 11 is 0. The molecule has 1 heterocycles. The highest BCUT2D eigenvalue weighted by atomic mass is 16.5. The molecular weight excluding hydrogens is 438 g/mol. The molecule has 0 radical (unpaired) electrons. The Morgan fingerprint density at radius 2 is 1.43 bits per heavy atom. The number of aromatic nitrogens is 1. The normalized spacial score (nSPS) is 11.0. The van der Waals surface area contributed by atoms with Crippen LogP contribution >= 0.6 is 0 Å². The summed E-state index contributed by atoms with van der Waals surface area (Å²) in [5.74, 6) is -0.508. The SMILES string of the molecule is O=C(Oc1ccccc1C=NNC(=O)c1[nH]c2ccccc2c1-c1ccccc1)c1ccccc1. The maximum Gasteiger partial charge on any atom is 0.343 e. The summed E-state index contributed by atoms with van der Waals surface area (Å²) < 4.78 is 5.54. The minimum absolute atomic E-state index is 0.343. The van der Waals surface area contributed by atoms with E-state index in [2.05, 4.69) is 15.5 Å². The number of benzene rings is 4. The third-order valence-electron chi connectivity index (χ3n) is 5.50. The summed E-state index contributed by atoms with van der Waals surface area (Å²) in [5, 5.41) is 5.08. The minimum Gasteiger partial charge on any atom is -0.422 e. The van der Waals surface area contributed by atoms with Gasteiger partial charge >= 0.3 is 5.97 Å². The molecule has 0 aliphatic heterocycles. The quantitative estimate of drug-likeness (QED) is 0.145. The van der Waals surface area contributed by atoms with Crippen molar-refractivity contribution in [3.05, 3.63) is 126 Å². The van der Waals surface area contributed by atoms with E-state index in [0.717, 1.165) is 22.0 Å². The summed E-state index contributed by atoms with van der Waals surface area (Å²) in [6.07, 6.45) is 1.45. The van der Waals surface area contributed by atoms with Crippen molar-refractivity contribution in [3.8, 4) is 16.9 Å². The van der Waals surface area contributed by atoms with Crippen LogP contribution < -0.4 is 10.2 Å². The number of aromatic amines is 1. The molecule has 0 fully saturated rings. The zero-order valence-corrected chi connectivity index (χ0v) is 18.6. The number of amides is 1. The van der Waals surface area contributed by atoms with Gasteiger partial charge in [-0.3, -0.25) is 4.79 Å². The first-order valence-electron chi connectivity index (χ1n) is 11.1. The Kier molecular flexibility index (Phi) is 6.17. The van der Waals surface area contributed by atoms with Crippen molar-refractivity contribution in [3.63, 3.8) is 0 Å². The molecule has 170 valence electrons. The van der Waals surface area contributed by atoms with Crippen LogP contribution in [0.25, 0.3) is 22.0 Å². The predicted octanol–water partition coefficient (Wildman–Crippen LogP) is 5.82. The number of nitrogens with zero attached hydrogens (tertiary/aromatic N) is 1. The van der Waals surface area contributed by atoms with Gasteiger partial charge in [0.25, 0.3) is 5.91 Å². The van der Waals surface area contributed by atoms with E-state index in [4.69, 9.17) is 4.74 Å². The molecule has 0 saturated carbocycles. The number of para-hydroxylation sites is 2. The fourth-order valence-electron chi connectivity index (χ4n) is 3.85. The molecular formula is C29H21N3O3. The fraction of sp³-hybridized carbons (Fsp3) is 0. The fourth-order valence-corrected chi connectivity index (χ4v) is 3.85. The molecule has 6 nitrogen and oxygen atoms in total. The summed E-state index contributed by atoms with van der Waals surface area (Å²) in [6, 6.07) is 33.2. The number of fused-ring (bicyclic) bond motifs is 1. The van der Waals surface area contributed by atoms with Gasteiger partial charge in [-0.05, 0) is 35.9 Å². The predicted molar refractivity (Wildman–Crippen MR) is 137 cm³/mol. The highest BCUT2D eigenvalue weighted by Gasteiger charge is 2.18. The van der Waals surface area contributed by atoms with E-state index < -0.39 is 5.97 Å². The minimum atomic E-state index is -0.471. The van der Waals surface area contributed by atoms with Gasteiger partial charge in [0.2, 0.25) is 0 Å². The number of esters is 1. The van der Waals surface area contributed by atoms with Crippen LogP contribution in [0.1, 0.15) is 26.4 Å². The number of hydrogen-bond donors (Lipinski definition) is 2. The Morgan fingerprint density at radius 3 is 2.23 bits per heavy atom. The second kappa shape index (κ2) is 9.89. The molecule has 4 aromatic carbocycles. The molecule has 35 heavy (non-hydrogen) atoms. The zero-order valence-electron chi connectivity index (χ0n) is 18.6. The lowest BCUT2D eigenvalue weighted by molar-refractivity contribution is 0.0734. The van der Waals surface area contributed by atoms with Crippen molar-refractivity contribution < 1.29 is 14.3 Å². The van der Waals surface area contributed by atoms with Crippen LogP contribution in [-0.4, -0.2) is 23.1 Å². The van der Waals surface area contributed by atoms with Gasteiger partial charge in [0.05, 0.1) is 11.8 Å². The van der Waals surface area contributed by atoms with Crippen LogP contribution in [0.5, 0.6) is 5.75 Å². The lowest BCUT2D eigenvalue weighted by Crippen LogP contribution is -2.19. The molecule has 0 aliphatic carbocycles. The molecule has 1 amide bonds. The van der Waals surface area contributed by atoms with Crippen LogP contribution in [0.3, 0.4) is 0 Å². The van der Waals surface area contributed by atoms with Crippen molar-refractivity contribution in [2.24, 2.45) is 5.10 Å². The van der Waals surface area contributed by atoms with E-state index in [1.165, 1.54) is 6.21 Å². The van der Waals surface area contributed by atoms with Crippen LogP contribution in [0.15, 0.2) is 114 Å². The smallest absolute Gasteiger partial charge is 0.343 e. The van der Waals surface area contributed by atoms with Gasteiger partial charge < -0.3 is 9.72 Å². The molecule has 0 aliphatic rings. The Morgan fingerprint density at radius 1 is 0.771 bits per heavy atom. The van der Waals surface area contributed by atoms with Gasteiger partial charge in [-0.1, -0.05) is 78.9 Å². The maximum absolute atomic E-state index is 13.1. The monoisotopic (exact) mass is 459 g/mol. The second-order valence-electron chi connectivity index (χ2n) is 7.78. The number of hydrazone groups is 1. The number of rotatable bonds is 6. The van der Waals surface area contributed by atoms with Crippen LogP contribution in [0.4, 0.5) is 0 Å². The number of hydrogen-bond acceptors (Lipinski definition) is 4. The van der Waals surface area contributed by atoms with Gasteiger partial charge in [0.15, 0.2) is 0 Å². The molecule has 0 unspecified atom stereocenters. The molecule has 5 aromatic rings. The van der Waals surface area contributed by atoms with E-state index in [9.17, 15) is 9.59 Å². The van der Waals surface area contributed by atoms with Crippen molar-refractivity contribution in [2.75, 3.05) is 0 Å². The molecule has 6 heteroatoms. The highest BCUT2D eigenvalue weighted by Crippen LogP contribution is 2.32. The lowest BCUT2D eigenvalue weighted by atomic mass is 10.0. The molecule has 0 bridgehead atoms. The summed E-state index contributed by atoms with van der Waals surface area (Å²) in [6.45, 7) is 0. The van der Waals surface area contributed by atoms with Gasteiger partial charge in [0, 0.05) is 22.0 Å². The maximum atomic E-state index is 13.1. The molecule has 5 rings (SSSR count). The molecule has 0 saturated heterocycles. The molecule has 1 aromatic heterocycles. The van der Waals surface area contributed by atoms with Crippen LogP contribution in [-0.2, 0) is 0 Å². The lowest BCUT2D eigenvalue weighted by Gasteiger charge is -2.07. The van der Waals surface area contributed by atoms with Gasteiger partial charge in [-0.2, -0.15) is 5.10 Å². The third-order valence-corrected chi connectivity index (χ3v) is 5.50. The van der Waals surface area contributed by atoms with Crippen LogP contribution in [0.2, 0.25) is 0 Å². The van der Waals surface area contributed by atoms with Gasteiger partial charge in [-0.15, -0.1) is 0 Å². The standard InChI is InChI=1S/C29H21N3O3/c33-28(27-26(20-11-3-1-4-12-20)23-16-8-9-17-24(23)31-27)32-30-19-22-15-7-10-18-25(22)35-29(34)21-13-5-2-6-14-21/h1-19,31H,(H,32,33).